The lowest BCUT2D eigenvalue weighted by molar-refractivity contribution is 0.585. The van der Waals surface area contributed by atoms with Gasteiger partial charge in [0.05, 0.1) is 11.7 Å². The van der Waals surface area contributed by atoms with E-state index in [4.69, 9.17) is 18.0 Å². The van der Waals surface area contributed by atoms with Gasteiger partial charge in [0.25, 0.3) is 0 Å². The third kappa shape index (κ3) is 2.93. The molecule has 0 aliphatic carbocycles. The summed E-state index contributed by atoms with van der Waals surface area (Å²) in [4.78, 5) is 6.31. The molecule has 0 radical (unpaired) electrons. The molecule has 2 N–H and O–H groups in total. The van der Waals surface area contributed by atoms with Gasteiger partial charge < -0.3 is 10.6 Å². The van der Waals surface area contributed by atoms with Gasteiger partial charge in [0.1, 0.15) is 10.8 Å². The minimum Gasteiger partial charge on any atom is -0.388 e. The Labute approximate surface area is 123 Å². The van der Waals surface area contributed by atoms with Gasteiger partial charge in [-0.15, -0.1) is 0 Å². The average molecular weight is 289 g/mol. The molecule has 2 rings (SSSR count). The van der Waals surface area contributed by atoms with Crippen molar-refractivity contribution in [3.63, 3.8) is 0 Å². The fraction of sp³-hybridized carbons (Fsp3) is 0.200. The molecule has 1 aromatic heterocycles. The van der Waals surface area contributed by atoms with Gasteiger partial charge in [0.2, 0.25) is 0 Å². The van der Waals surface area contributed by atoms with E-state index in [0.29, 0.717) is 11.3 Å². The van der Waals surface area contributed by atoms with Crippen LogP contribution in [0.3, 0.4) is 0 Å². The third-order valence-corrected chi connectivity index (χ3v) is 3.55. The van der Waals surface area contributed by atoms with Crippen molar-refractivity contribution < 1.29 is 4.39 Å². The summed E-state index contributed by atoms with van der Waals surface area (Å²) in [5, 5.41) is 0. The number of hydrogen-bond donors (Lipinski definition) is 1. The number of pyridine rings is 1. The van der Waals surface area contributed by atoms with Crippen LogP contribution in [0.15, 0.2) is 42.6 Å². The predicted octanol–water partition coefficient (Wildman–Crippen LogP) is 3.05. The maximum Gasteiger partial charge on any atom is 0.128 e. The van der Waals surface area contributed by atoms with Gasteiger partial charge in [-0.2, -0.15) is 0 Å². The van der Waals surface area contributed by atoms with Crippen LogP contribution >= 0.6 is 12.2 Å². The van der Waals surface area contributed by atoms with Crippen molar-refractivity contribution in [3.05, 3.63) is 59.7 Å². The van der Waals surface area contributed by atoms with Crippen LogP contribution in [0.5, 0.6) is 0 Å². The Balaban J connectivity index is 2.31. The number of thiocarbonyl (C=S) groups is 1. The lowest BCUT2D eigenvalue weighted by Gasteiger charge is -2.27. The second kappa shape index (κ2) is 5.96. The standard InChI is InChI=1S/C15H16FN3S/c1-10(12-5-3-4-6-13(12)16)19(2)11-7-8-18-14(9-11)15(17)20/h3-10H,1-2H3,(H2,17,20). The molecule has 1 unspecified atom stereocenters. The van der Waals surface area contributed by atoms with Gasteiger partial charge >= 0.3 is 0 Å². The molecule has 1 heterocycles. The molecule has 104 valence electrons. The van der Waals surface area contributed by atoms with Crippen molar-refractivity contribution in [2.45, 2.75) is 13.0 Å². The van der Waals surface area contributed by atoms with Gasteiger partial charge in [-0.05, 0) is 25.1 Å². The maximum absolute atomic E-state index is 13.8. The van der Waals surface area contributed by atoms with Gasteiger partial charge in [0, 0.05) is 24.5 Å². The highest BCUT2D eigenvalue weighted by Gasteiger charge is 2.16. The van der Waals surface area contributed by atoms with E-state index in [-0.39, 0.29) is 16.8 Å². The molecule has 2 aromatic rings. The van der Waals surface area contributed by atoms with E-state index in [0.717, 1.165) is 5.69 Å². The Hall–Kier alpha value is -2.01. The van der Waals surface area contributed by atoms with Crippen molar-refractivity contribution in [3.8, 4) is 0 Å². The Bertz CT molecular complexity index is 630. The topological polar surface area (TPSA) is 42.2 Å². The number of rotatable bonds is 4. The number of nitrogens with two attached hydrogens (primary N) is 1. The van der Waals surface area contributed by atoms with Gasteiger partial charge in [-0.1, -0.05) is 30.4 Å². The maximum atomic E-state index is 13.8. The number of nitrogens with zero attached hydrogens (tertiary/aromatic N) is 2. The van der Waals surface area contributed by atoms with E-state index in [1.807, 2.05) is 31.0 Å². The smallest absolute Gasteiger partial charge is 0.128 e. The van der Waals surface area contributed by atoms with Crippen LogP contribution in [0, 0.1) is 5.82 Å². The molecule has 0 saturated heterocycles. The summed E-state index contributed by atoms with van der Waals surface area (Å²) >= 11 is 4.92. The number of aromatic nitrogens is 1. The van der Waals surface area contributed by atoms with Crippen molar-refractivity contribution in [1.29, 1.82) is 0 Å². The third-order valence-electron chi connectivity index (χ3n) is 3.34. The summed E-state index contributed by atoms with van der Waals surface area (Å²) in [6, 6.07) is 10.3. The Morgan fingerprint density at radius 3 is 2.70 bits per heavy atom. The van der Waals surface area contributed by atoms with Gasteiger partial charge in [0.15, 0.2) is 0 Å². The van der Waals surface area contributed by atoms with E-state index in [1.165, 1.54) is 6.07 Å². The van der Waals surface area contributed by atoms with E-state index >= 15 is 0 Å². The average Bonchev–Trinajstić information content (AvgIpc) is 2.46. The van der Waals surface area contributed by atoms with E-state index in [9.17, 15) is 4.39 Å². The highest BCUT2D eigenvalue weighted by atomic mass is 32.1. The fourth-order valence-electron chi connectivity index (χ4n) is 2.02. The summed E-state index contributed by atoms with van der Waals surface area (Å²) in [6.45, 7) is 1.94. The SMILES string of the molecule is CC(c1ccccc1F)N(C)c1ccnc(C(N)=S)c1. The van der Waals surface area contributed by atoms with Crippen LogP contribution in [-0.4, -0.2) is 17.0 Å². The predicted molar refractivity (Wildman–Crippen MR) is 83.3 cm³/mol. The molecule has 0 bridgehead atoms. The first-order chi connectivity index (χ1) is 9.50. The van der Waals surface area contributed by atoms with E-state index in [2.05, 4.69) is 4.98 Å². The molecule has 0 fully saturated rings. The zero-order valence-corrected chi connectivity index (χ0v) is 12.2. The summed E-state index contributed by atoms with van der Waals surface area (Å²) in [5.74, 6) is -0.213. The lowest BCUT2D eigenvalue weighted by atomic mass is 10.1. The number of benzene rings is 1. The highest BCUT2D eigenvalue weighted by molar-refractivity contribution is 7.80. The Morgan fingerprint density at radius 2 is 2.05 bits per heavy atom. The molecule has 0 saturated carbocycles. The first-order valence-corrected chi connectivity index (χ1v) is 6.64. The van der Waals surface area contributed by atoms with Crippen LogP contribution in [0.1, 0.15) is 24.2 Å². The zero-order valence-electron chi connectivity index (χ0n) is 11.4. The van der Waals surface area contributed by atoms with Crippen LogP contribution in [0.2, 0.25) is 0 Å². The normalized spacial score (nSPS) is 11.9. The molecule has 20 heavy (non-hydrogen) atoms. The first-order valence-electron chi connectivity index (χ1n) is 6.24. The highest BCUT2D eigenvalue weighted by Crippen LogP contribution is 2.26. The molecule has 0 aliphatic rings. The summed E-state index contributed by atoms with van der Waals surface area (Å²) in [5.41, 5.74) is 7.67. The van der Waals surface area contributed by atoms with Crippen LogP contribution in [0.4, 0.5) is 10.1 Å². The molecule has 1 aromatic carbocycles. The summed E-state index contributed by atoms with van der Waals surface area (Å²) in [7, 11) is 1.90. The van der Waals surface area contributed by atoms with Gasteiger partial charge in [-0.25, -0.2) is 4.39 Å². The first kappa shape index (κ1) is 14.4. The minimum atomic E-state index is -0.213. The molecule has 3 nitrogen and oxygen atoms in total. The lowest BCUT2D eigenvalue weighted by Crippen LogP contribution is -2.23. The second-order valence-electron chi connectivity index (χ2n) is 4.57. The van der Waals surface area contributed by atoms with Crippen molar-refractivity contribution in [2.75, 3.05) is 11.9 Å². The number of halogens is 1. The minimum absolute atomic E-state index is 0.113. The summed E-state index contributed by atoms with van der Waals surface area (Å²) in [6.07, 6.45) is 1.65. The van der Waals surface area contributed by atoms with Crippen LogP contribution in [-0.2, 0) is 0 Å². The molecule has 0 amide bonds. The molecular weight excluding hydrogens is 273 g/mol. The largest absolute Gasteiger partial charge is 0.388 e. The molecule has 0 spiro atoms. The number of anilines is 1. The van der Waals surface area contributed by atoms with E-state index in [1.54, 1.807) is 24.4 Å². The second-order valence-corrected chi connectivity index (χ2v) is 5.01. The Kier molecular flexibility index (Phi) is 4.29. The van der Waals surface area contributed by atoms with Crippen LogP contribution < -0.4 is 10.6 Å². The molecule has 5 heteroatoms. The van der Waals surface area contributed by atoms with Crippen molar-refractivity contribution in [1.82, 2.24) is 4.98 Å². The van der Waals surface area contributed by atoms with Crippen LogP contribution in [0.25, 0.3) is 0 Å². The zero-order chi connectivity index (χ0) is 14.7. The molecular formula is C15H16FN3S. The van der Waals surface area contributed by atoms with Crippen molar-refractivity contribution >= 4 is 22.9 Å². The van der Waals surface area contributed by atoms with E-state index < -0.39 is 0 Å². The molecule has 0 aliphatic heterocycles. The fourth-order valence-corrected chi connectivity index (χ4v) is 2.13. The van der Waals surface area contributed by atoms with Gasteiger partial charge in [-0.3, -0.25) is 4.98 Å². The van der Waals surface area contributed by atoms with Crippen molar-refractivity contribution in [2.24, 2.45) is 5.73 Å². The number of hydrogen-bond acceptors (Lipinski definition) is 3. The quantitative estimate of drug-likeness (QED) is 0.878. The summed E-state index contributed by atoms with van der Waals surface area (Å²) < 4.78 is 13.8. The molecule has 1 atom stereocenters. The Morgan fingerprint density at radius 1 is 1.35 bits per heavy atom. The monoisotopic (exact) mass is 289 g/mol.